The maximum Gasteiger partial charge on any atom is 0.261 e. The van der Waals surface area contributed by atoms with Gasteiger partial charge >= 0.3 is 0 Å². The van der Waals surface area contributed by atoms with Crippen LogP contribution in [0.25, 0.3) is 22.9 Å². The second-order valence-corrected chi connectivity index (χ2v) is 7.82. The zero-order valence-electron chi connectivity index (χ0n) is 15.4. The van der Waals surface area contributed by atoms with Gasteiger partial charge in [-0.1, -0.05) is 24.3 Å². The molecule has 4 rings (SSSR count). The summed E-state index contributed by atoms with van der Waals surface area (Å²) in [4.78, 5) is 0.132. The summed E-state index contributed by atoms with van der Waals surface area (Å²) in [6.07, 6.45) is 0. The largest absolute Gasteiger partial charge is 0.497 e. The average molecular weight is 407 g/mol. The third kappa shape index (κ3) is 4.12. The lowest BCUT2D eigenvalue weighted by Gasteiger charge is -2.09. The Morgan fingerprint density at radius 3 is 2.17 bits per heavy atom. The Bertz CT molecular complexity index is 1220. The molecular weight excluding hydrogens is 390 g/mol. The summed E-state index contributed by atoms with van der Waals surface area (Å²) in [6, 6.07) is 22.3. The van der Waals surface area contributed by atoms with Gasteiger partial charge in [0.2, 0.25) is 11.8 Å². The van der Waals surface area contributed by atoms with E-state index in [4.69, 9.17) is 9.15 Å². The minimum absolute atomic E-state index is 0.132. The smallest absolute Gasteiger partial charge is 0.261 e. The standard InChI is InChI=1S/C21H17N3O4S/c1-27-18-10-12-19(13-11-18)29(25,26)24-17-9-5-8-16(14-17)21-23-22-20(28-21)15-6-3-2-4-7-15/h2-14,24H,1H3. The van der Waals surface area contributed by atoms with Gasteiger partial charge in [-0.25, -0.2) is 8.42 Å². The quantitative estimate of drug-likeness (QED) is 0.514. The number of hydrogen-bond acceptors (Lipinski definition) is 6. The van der Waals surface area contributed by atoms with Gasteiger partial charge in [0, 0.05) is 16.8 Å². The maximum absolute atomic E-state index is 12.6. The van der Waals surface area contributed by atoms with E-state index in [1.165, 1.54) is 19.2 Å². The summed E-state index contributed by atoms with van der Waals surface area (Å²) in [5.41, 5.74) is 1.80. The first kappa shape index (κ1) is 18.7. The molecule has 0 saturated heterocycles. The number of ether oxygens (including phenoxy) is 1. The number of anilines is 1. The van der Waals surface area contributed by atoms with Gasteiger partial charge in [-0.2, -0.15) is 0 Å². The Kier molecular flexibility index (Phi) is 5.01. The fourth-order valence-electron chi connectivity index (χ4n) is 2.72. The molecule has 0 radical (unpaired) electrons. The Labute approximate surface area is 168 Å². The summed E-state index contributed by atoms with van der Waals surface area (Å²) < 4.78 is 38.6. The maximum atomic E-state index is 12.6. The highest BCUT2D eigenvalue weighted by molar-refractivity contribution is 7.92. The number of rotatable bonds is 6. The molecule has 146 valence electrons. The number of nitrogens with one attached hydrogen (secondary N) is 1. The molecule has 3 aromatic carbocycles. The summed E-state index contributed by atoms with van der Waals surface area (Å²) in [5.74, 6) is 1.27. The summed E-state index contributed by atoms with van der Waals surface area (Å²) in [6.45, 7) is 0. The zero-order valence-corrected chi connectivity index (χ0v) is 16.3. The molecule has 7 nitrogen and oxygen atoms in total. The molecule has 0 aliphatic carbocycles. The molecule has 29 heavy (non-hydrogen) atoms. The van der Waals surface area contributed by atoms with Crippen molar-refractivity contribution in [2.75, 3.05) is 11.8 Å². The van der Waals surface area contributed by atoms with Crippen molar-refractivity contribution < 1.29 is 17.6 Å². The van der Waals surface area contributed by atoms with Crippen LogP contribution in [0.15, 0.2) is 88.2 Å². The number of hydrogen-bond donors (Lipinski definition) is 1. The minimum atomic E-state index is -3.75. The molecule has 0 spiro atoms. The highest BCUT2D eigenvalue weighted by Crippen LogP contribution is 2.26. The lowest BCUT2D eigenvalue weighted by atomic mass is 10.2. The van der Waals surface area contributed by atoms with Gasteiger partial charge in [0.15, 0.2) is 0 Å². The van der Waals surface area contributed by atoms with E-state index in [0.29, 0.717) is 28.8 Å². The SMILES string of the molecule is COc1ccc(S(=O)(=O)Nc2cccc(-c3nnc(-c4ccccc4)o3)c2)cc1. The highest BCUT2D eigenvalue weighted by atomic mass is 32.2. The van der Waals surface area contributed by atoms with Crippen molar-refractivity contribution in [1.82, 2.24) is 10.2 Å². The van der Waals surface area contributed by atoms with Crippen molar-refractivity contribution in [2.45, 2.75) is 4.90 Å². The second-order valence-electron chi connectivity index (χ2n) is 6.14. The summed E-state index contributed by atoms with van der Waals surface area (Å²) >= 11 is 0. The van der Waals surface area contributed by atoms with Gasteiger partial charge in [0.25, 0.3) is 10.0 Å². The first-order chi connectivity index (χ1) is 14.0. The van der Waals surface area contributed by atoms with E-state index in [1.807, 2.05) is 30.3 Å². The van der Waals surface area contributed by atoms with Crippen LogP contribution in [0.5, 0.6) is 5.75 Å². The monoisotopic (exact) mass is 407 g/mol. The molecule has 0 aliphatic rings. The Balaban J connectivity index is 1.58. The van der Waals surface area contributed by atoms with E-state index in [-0.39, 0.29) is 4.90 Å². The Morgan fingerprint density at radius 2 is 1.48 bits per heavy atom. The van der Waals surface area contributed by atoms with E-state index in [9.17, 15) is 8.42 Å². The van der Waals surface area contributed by atoms with Crippen LogP contribution in [0.2, 0.25) is 0 Å². The van der Waals surface area contributed by atoms with Crippen molar-refractivity contribution in [3.8, 4) is 28.7 Å². The van der Waals surface area contributed by atoms with Crippen LogP contribution in [0.4, 0.5) is 5.69 Å². The van der Waals surface area contributed by atoms with Crippen molar-refractivity contribution in [2.24, 2.45) is 0 Å². The van der Waals surface area contributed by atoms with E-state index >= 15 is 0 Å². The fraction of sp³-hybridized carbons (Fsp3) is 0.0476. The van der Waals surface area contributed by atoms with Gasteiger partial charge in [-0.3, -0.25) is 4.72 Å². The normalized spacial score (nSPS) is 11.2. The molecule has 0 aliphatic heterocycles. The van der Waals surface area contributed by atoms with Crippen molar-refractivity contribution >= 4 is 15.7 Å². The van der Waals surface area contributed by atoms with Crippen LogP contribution in [-0.4, -0.2) is 25.7 Å². The molecular formula is C21H17N3O4S. The molecule has 0 bridgehead atoms. The number of nitrogens with zero attached hydrogens (tertiary/aromatic N) is 2. The van der Waals surface area contributed by atoms with Crippen LogP contribution >= 0.6 is 0 Å². The molecule has 0 unspecified atom stereocenters. The first-order valence-electron chi connectivity index (χ1n) is 8.71. The molecule has 0 fully saturated rings. The number of benzene rings is 3. The lowest BCUT2D eigenvalue weighted by Crippen LogP contribution is -2.12. The van der Waals surface area contributed by atoms with E-state index in [0.717, 1.165) is 5.56 Å². The summed E-state index contributed by atoms with van der Waals surface area (Å²) in [5, 5.41) is 8.13. The minimum Gasteiger partial charge on any atom is -0.497 e. The fourth-order valence-corrected chi connectivity index (χ4v) is 3.77. The molecule has 1 heterocycles. The van der Waals surface area contributed by atoms with E-state index in [2.05, 4.69) is 14.9 Å². The predicted molar refractivity (Wildman–Crippen MR) is 109 cm³/mol. The Hall–Kier alpha value is -3.65. The van der Waals surface area contributed by atoms with E-state index < -0.39 is 10.0 Å². The topological polar surface area (TPSA) is 94.3 Å². The van der Waals surface area contributed by atoms with Gasteiger partial charge in [0.1, 0.15) is 5.75 Å². The van der Waals surface area contributed by atoms with Gasteiger partial charge in [-0.15, -0.1) is 10.2 Å². The second kappa shape index (κ2) is 7.76. The number of aromatic nitrogens is 2. The average Bonchev–Trinajstić information content (AvgIpc) is 3.25. The number of methoxy groups -OCH3 is 1. The van der Waals surface area contributed by atoms with E-state index in [1.54, 1.807) is 36.4 Å². The molecule has 8 heteroatoms. The van der Waals surface area contributed by atoms with Crippen LogP contribution in [0, 0.1) is 0 Å². The molecule has 0 atom stereocenters. The van der Waals surface area contributed by atoms with Gasteiger partial charge < -0.3 is 9.15 Å². The predicted octanol–water partition coefficient (Wildman–Crippen LogP) is 4.21. The van der Waals surface area contributed by atoms with Crippen molar-refractivity contribution in [3.05, 3.63) is 78.9 Å². The lowest BCUT2D eigenvalue weighted by molar-refractivity contribution is 0.414. The van der Waals surface area contributed by atoms with Crippen molar-refractivity contribution in [1.29, 1.82) is 0 Å². The third-order valence-electron chi connectivity index (χ3n) is 4.18. The molecule has 1 aromatic heterocycles. The van der Waals surface area contributed by atoms with Crippen LogP contribution in [-0.2, 0) is 10.0 Å². The summed E-state index contributed by atoms with van der Waals surface area (Å²) in [7, 11) is -2.23. The molecule has 0 amide bonds. The molecule has 0 saturated carbocycles. The van der Waals surface area contributed by atoms with Gasteiger partial charge in [-0.05, 0) is 54.6 Å². The Morgan fingerprint density at radius 1 is 0.828 bits per heavy atom. The van der Waals surface area contributed by atoms with Crippen LogP contribution < -0.4 is 9.46 Å². The zero-order chi connectivity index (χ0) is 20.3. The number of sulfonamides is 1. The van der Waals surface area contributed by atoms with Crippen LogP contribution in [0.1, 0.15) is 0 Å². The molecule has 1 N–H and O–H groups in total. The molecule has 4 aromatic rings. The van der Waals surface area contributed by atoms with Crippen LogP contribution in [0.3, 0.4) is 0 Å². The first-order valence-corrected chi connectivity index (χ1v) is 10.2. The third-order valence-corrected chi connectivity index (χ3v) is 5.57. The highest BCUT2D eigenvalue weighted by Gasteiger charge is 2.16. The van der Waals surface area contributed by atoms with Crippen molar-refractivity contribution in [3.63, 3.8) is 0 Å². The van der Waals surface area contributed by atoms with Gasteiger partial charge in [0.05, 0.1) is 12.0 Å².